The van der Waals surface area contributed by atoms with E-state index >= 15 is 0 Å². The number of ether oxygens (including phenoxy) is 1. The monoisotopic (exact) mass is 278 g/mol. The van der Waals surface area contributed by atoms with Gasteiger partial charge in [-0.1, -0.05) is 32.9 Å². The molecule has 0 aliphatic rings. The van der Waals surface area contributed by atoms with E-state index in [2.05, 4.69) is 32.2 Å². The summed E-state index contributed by atoms with van der Waals surface area (Å²) in [6.07, 6.45) is 0.526. The van der Waals surface area contributed by atoms with Crippen molar-refractivity contribution < 1.29 is 9.53 Å². The minimum atomic E-state index is -0.734. The lowest BCUT2D eigenvalue weighted by Gasteiger charge is -2.25. The summed E-state index contributed by atoms with van der Waals surface area (Å²) >= 11 is 0. The Morgan fingerprint density at radius 3 is 2.45 bits per heavy atom. The third-order valence-corrected chi connectivity index (χ3v) is 3.67. The number of hydrogen-bond acceptors (Lipinski definition) is 3. The number of likely N-dealkylation sites (N-methyl/N-ethyl adjacent to an activating group) is 1. The van der Waals surface area contributed by atoms with E-state index in [4.69, 9.17) is 10.5 Å². The molecule has 0 aromatic heterocycles. The van der Waals surface area contributed by atoms with Gasteiger partial charge in [-0.05, 0) is 37.1 Å². The Balaban J connectivity index is 2.65. The number of benzene rings is 1. The number of nitrogens with one attached hydrogen (secondary N) is 1. The summed E-state index contributed by atoms with van der Waals surface area (Å²) in [5.41, 5.74) is 5.96. The van der Waals surface area contributed by atoms with Gasteiger partial charge in [-0.2, -0.15) is 0 Å². The zero-order chi connectivity index (χ0) is 15.4. The molecular weight excluding hydrogens is 252 g/mol. The molecule has 1 aromatic rings. The Morgan fingerprint density at radius 2 is 1.95 bits per heavy atom. The third-order valence-electron chi connectivity index (χ3n) is 3.67. The lowest BCUT2D eigenvalue weighted by atomic mass is 9.87. The molecule has 0 aliphatic carbocycles. The Hall–Kier alpha value is -1.55. The van der Waals surface area contributed by atoms with Gasteiger partial charge in [-0.15, -0.1) is 0 Å². The molecule has 4 nitrogen and oxygen atoms in total. The van der Waals surface area contributed by atoms with Gasteiger partial charge in [0, 0.05) is 6.42 Å². The highest BCUT2D eigenvalue weighted by Crippen LogP contribution is 2.25. The largest absolute Gasteiger partial charge is 0.494 e. The van der Waals surface area contributed by atoms with Crippen molar-refractivity contribution in [2.45, 2.75) is 45.1 Å². The average molecular weight is 278 g/mol. The van der Waals surface area contributed by atoms with E-state index in [0.29, 0.717) is 13.0 Å². The summed E-state index contributed by atoms with van der Waals surface area (Å²) in [5, 5.41) is 2.95. The fraction of sp³-hybridized carbons (Fsp3) is 0.562. The number of primary amides is 1. The molecule has 0 heterocycles. The SMILES string of the molecule is CNC(C)(CCOc1cccc(C(C)(C)C)c1)C(N)=O. The lowest BCUT2D eigenvalue weighted by Crippen LogP contribution is -2.52. The van der Waals surface area contributed by atoms with Gasteiger partial charge in [0.05, 0.1) is 12.1 Å². The average Bonchev–Trinajstić information content (AvgIpc) is 2.37. The fourth-order valence-corrected chi connectivity index (χ4v) is 1.80. The van der Waals surface area contributed by atoms with Gasteiger partial charge < -0.3 is 15.8 Å². The highest BCUT2D eigenvalue weighted by molar-refractivity contribution is 5.84. The minimum absolute atomic E-state index is 0.0894. The van der Waals surface area contributed by atoms with Crippen LogP contribution < -0.4 is 15.8 Å². The van der Waals surface area contributed by atoms with Gasteiger partial charge in [-0.3, -0.25) is 4.79 Å². The maximum atomic E-state index is 11.4. The van der Waals surface area contributed by atoms with Gasteiger partial charge in [0.1, 0.15) is 5.75 Å². The summed E-state index contributed by atoms with van der Waals surface area (Å²) in [6, 6.07) is 8.05. The summed E-state index contributed by atoms with van der Waals surface area (Å²) < 4.78 is 5.74. The van der Waals surface area contributed by atoms with E-state index in [1.807, 2.05) is 18.2 Å². The van der Waals surface area contributed by atoms with Crippen molar-refractivity contribution in [3.8, 4) is 5.75 Å². The van der Waals surface area contributed by atoms with Crippen molar-refractivity contribution in [1.29, 1.82) is 0 Å². The maximum absolute atomic E-state index is 11.4. The quantitative estimate of drug-likeness (QED) is 0.838. The van der Waals surface area contributed by atoms with Crippen LogP contribution in [0.4, 0.5) is 0 Å². The summed E-state index contributed by atoms with van der Waals surface area (Å²) in [6.45, 7) is 8.71. The molecule has 1 amide bonds. The predicted octanol–water partition coefficient (Wildman–Crippen LogP) is 2.22. The standard InChI is InChI=1S/C16H26N2O2/c1-15(2,3)12-7-6-8-13(11-12)20-10-9-16(4,18-5)14(17)19/h6-8,11,18H,9-10H2,1-5H3,(H2,17,19). The third kappa shape index (κ3) is 4.23. The zero-order valence-corrected chi connectivity index (χ0v) is 13.1. The van der Waals surface area contributed by atoms with Gasteiger partial charge >= 0.3 is 0 Å². The van der Waals surface area contributed by atoms with Crippen LogP contribution in [0.2, 0.25) is 0 Å². The Labute approximate surface area is 121 Å². The van der Waals surface area contributed by atoms with E-state index in [9.17, 15) is 4.79 Å². The second-order valence-electron chi connectivity index (χ2n) is 6.32. The first-order chi connectivity index (χ1) is 9.19. The van der Waals surface area contributed by atoms with Crippen LogP contribution in [0.1, 0.15) is 39.7 Å². The molecule has 0 radical (unpaired) electrons. The number of hydrogen-bond donors (Lipinski definition) is 2. The number of rotatable bonds is 6. The molecule has 0 saturated heterocycles. The molecule has 0 fully saturated rings. The van der Waals surface area contributed by atoms with E-state index in [1.165, 1.54) is 5.56 Å². The van der Waals surface area contributed by atoms with Crippen LogP contribution in [0.25, 0.3) is 0 Å². The maximum Gasteiger partial charge on any atom is 0.237 e. The van der Waals surface area contributed by atoms with Crippen LogP contribution in [-0.2, 0) is 10.2 Å². The fourth-order valence-electron chi connectivity index (χ4n) is 1.80. The van der Waals surface area contributed by atoms with E-state index in [-0.39, 0.29) is 11.3 Å². The molecular formula is C16H26N2O2. The second kappa shape index (κ2) is 6.27. The molecule has 0 spiro atoms. The highest BCUT2D eigenvalue weighted by Gasteiger charge is 2.28. The van der Waals surface area contributed by atoms with Crippen molar-refractivity contribution in [3.05, 3.63) is 29.8 Å². The van der Waals surface area contributed by atoms with Crippen LogP contribution in [0.15, 0.2) is 24.3 Å². The summed E-state index contributed by atoms with van der Waals surface area (Å²) in [7, 11) is 1.73. The molecule has 0 aliphatic heterocycles. The second-order valence-corrected chi connectivity index (χ2v) is 6.32. The molecule has 1 unspecified atom stereocenters. The first-order valence-electron chi connectivity index (χ1n) is 6.91. The molecule has 0 saturated carbocycles. The molecule has 20 heavy (non-hydrogen) atoms. The van der Waals surface area contributed by atoms with Crippen molar-refractivity contribution >= 4 is 5.91 Å². The molecule has 1 rings (SSSR count). The Kier molecular flexibility index (Phi) is 5.17. The van der Waals surface area contributed by atoms with Crippen LogP contribution >= 0.6 is 0 Å². The smallest absolute Gasteiger partial charge is 0.237 e. The Morgan fingerprint density at radius 1 is 1.30 bits per heavy atom. The van der Waals surface area contributed by atoms with E-state index in [1.54, 1.807) is 14.0 Å². The number of carbonyl (C=O) groups is 1. The predicted molar refractivity (Wildman–Crippen MR) is 81.9 cm³/mol. The van der Waals surface area contributed by atoms with Gasteiger partial charge in [0.2, 0.25) is 5.91 Å². The van der Waals surface area contributed by atoms with Gasteiger partial charge in [0.25, 0.3) is 0 Å². The first-order valence-corrected chi connectivity index (χ1v) is 6.91. The topological polar surface area (TPSA) is 64.3 Å². The van der Waals surface area contributed by atoms with Gasteiger partial charge in [0.15, 0.2) is 0 Å². The van der Waals surface area contributed by atoms with E-state index in [0.717, 1.165) is 5.75 Å². The van der Waals surface area contributed by atoms with Crippen LogP contribution in [-0.4, -0.2) is 25.1 Å². The molecule has 1 atom stereocenters. The lowest BCUT2D eigenvalue weighted by molar-refractivity contribution is -0.124. The number of nitrogens with two attached hydrogens (primary N) is 1. The van der Waals surface area contributed by atoms with Crippen LogP contribution in [0.5, 0.6) is 5.75 Å². The summed E-state index contributed by atoms with van der Waals surface area (Å²) in [4.78, 5) is 11.4. The first kappa shape index (κ1) is 16.5. The van der Waals surface area contributed by atoms with Crippen molar-refractivity contribution in [2.24, 2.45) is 5.73 Å². The van der Waals surface area contributed by atoms with Crippen LogP contribution in [0, 0.1) is 0 Å². The van der Waals surface area contributed by atoms with Crippen molar-refractivity contribution in [2.75, 3.05) is 13.7 Å². The van der Waals surface area contributed by atoms with E-state index < -0.39 is 5.54 Å². The van der Waals surface area contributed by atoms with Gasteiger partial charge in [-0.25, -0.2) is 0 Å². The van der Waals surface area contributed by atoms with Crippen molar-refractivity contribution in [3.63, 3.8) is 0 Å². The molecule has 112 valence electrons. The van der Waals surface area contributed by atoms with Crippen molar-refractivity contribution in [1.82, 2.24) is 5.32 Å². The number of carbonyl (C=O) groups excluding carboxylic acids is 1. The zero-order valence-electron chi connectivity index (χ0n) is 13.1. The van der Waals surface area contributed by atoms with Crippen LogP contribution in [0.3, 0.4) is 0 Å². The number of amides is 1. The minimum Gasteiger partial charge on any atom is -0.494 e. The molecule has 3 N–H and O–H groups in total. The molecule has 0 bridgehead atoms. The highest BCUT2D eigenvalue weighted by atomic mass is 16.5. The Bertz CT molecular complexity index is 466. The normalized spacial score (nSPS) is 14.7. The molecule has 4 heteroatoms. The molecule has 1 aromatic carbocycles. The summed E-state index contributed by atoms with van der Waals surface area (Å²) in [5.74, 6) is 0.451.